The van der Waals surface area contributed by atoms with E-state index in [1.165, 1.54) is 5.56 Å². The van der Waals surface area contributed by atoms with Crippen LogP contribution >= 0.6 is 0 Å². The van der Waals surface area contributed by atoms with Gasteiger partial charge in [-0.25, -0.2) is 0 Å². The summed E-state index contributed by atoms with van der Waals surface area (Å²) in [6, 6.07) is 15.1. The predicted molar refractivity (Wildman–Crippen MR) is 105 cm³/mol. The summed E-state index contributed by atoms with van der Waals surface area (Å²) in [4.78, 5) is 26.3. The number of methoxy groups -OCH3 is 1. The second-order valence-corrected chi connectivity index (χ2v) is 6.46. The number of rotatable bonds is 7. The fourth-order valence-corrected chi connectivity index (χ4v) is 2.92. The molecule has 0 atom stereocenters. The van der Waals surface area contributed by atoms with Crippen molar-refractivity contribution in [1.82, 2.24) is 10.2 Å². The number of nitrogens with one attached hydrogen (secondary N) is 2. The van der Waals surface area contributed by atoms with Gasteiger partial charge in [0.15, 0.2) is 0 Å². The molecule has 2 aromatic carbocycles. The van der Waals surface area contributed by atoms with Crippen molar-refractivity contribution in [3.8, 4) is 0 Å². The molecule has 27 heavy (non-hydrogen) atoms. The van der Waals surface area contributed by atoms with E-state index in [1.54, 1.807) is 31.5 Å². The lowest BCUT2D eigenvalue weighted by atomic mass is 9.96. The molecule has 0 saturated carbocycles. The number of hydrogen-bond acceptors (Lipinski definition) is 5. The Morgan fingerprint density at radius 2 is 1.74 bits per heavy atom. The van der Waals surface area contributed by atoms with Gasteiger partial charge in [-0.15, -0.1) is 0 Å². The zero-order valence-corrected chi connectivity index (χ0v) is 15.5. The first-order valence-corrected chi connectivity index (χ1v) is 8.76. The molecule has 0 fully saturated rings. The molecule has 3 rings (SSSR count). The molecule has 1 aliphatic heterocycles. The fourth-order valence-electron chi connectivity index (χ4n) is 2.92. The summed E-state index contributed by atoms with van der Waals surface area (Å²) >= 11 is 0. The zero-order valence-electron chi connectivity index (χ0n) is 15.5. The maximum Gasteiger partial charge on any atom is 0.260 e. The summed E-state index contributed by atoms with van der Waals surface area (Å²) in [6.07, 6.45) is 1.64. The average Bonchev–Trinajstić information content (AvgIpc) is 2.67. The molecule has 6 heteroatoms. The zero-order chi connectivity index (χ0) is 19.2. The van der Waals surface area contributed by atoms with Crippen molar-refractivity contribution < 1.29 is 14.3 Å². The second-order valence-electron chi connectivity index (χ2n) is 6.46. The minimum atomic E-state index is -0.400. The Labute approximate surface area is 158 Å². The highest BCUT2D eigenvalue weighted by Crippen LogP contribution is 2.24. The number of carbonyl (C=O) groups is 2. The van der Waals surface area contributed by atoms with Crippen molar-refractivity contribution >= 4 is 23.1 Å². The summed E-state index contributed by atoms with van der Waals surface area (Å²) in [5.74, 6) is -0.766. The Morgan fingerprint density at radius 1 is 1.04 bits per heavy atom. The van der Waals surface area contributed by atoms with Gasteiger partial charge in [-0.05, 0) is 30.8 Å². The molecule has 1 heterocycles. The van der Waals surface area contributed by atoms with Crippen LogP contribution in [0.1, 0.15) is 21.5 Å². The Bertz CT molecular complexity index is 859. The molecular formula is C21H23N3O3. The largest absolute Gasteiger partial charge is 0.383 e. The van der Waals surface area contributed by atoms with Crippen LogP contribution in [-0.4, -0.2) is 44.0 Å². The fraction of sp³-hybridized carbons (Fsp3) is 0.238. The van der Waals surface area contributed by atoms with Crippen LogP contribution in [0.15, 0.2) is 54.7 Å². The van der Waals surface area contributed by atoms with E-state index in [0.717, 1.165) is 18.8 Å². The Kier molecular flexibility index (Phi) is 6.01. The number of likely N-dealkylation sites (N-methyl/N-ethyl adjacent to an activating group) is 1. The smallest absolute Gasteiger partial charge is 0.260 e. The lowest BCUT2D eigenvalue weighted by Crippen LogP contribution is -2.36. The Morgan fingerprint density at radius 3 is 2.44 bits per heavy atom. The van der Waals surface area contributed by atoms with Gasteiger partial charge in [0.25, 0.3) is 11.8 Å². The van der Waals surface area contributed by atoms with Crippen molar-refractivity contribution in [3.63, 3.8) is 0 Å². The van der Waals surface area contributed by atoms with Crippen molar-refractivity contribution in [2.45, 2.75) is 6.54 Å². The number of imide groups is 1. The van der Waals surface area contributed by atoms with Crippen molar-refractivity contribution in [1.29, 1.82) is 0 Å². The molecule has 140 valence electrons. The van der Waals surface area contributed by atoms with Crippen molar-refractivity contribution in [2.75, 3.05) is 32.6 Å². The van der Waals surface area contributed by atoms with Gasteiger partial charge in [-0.2, -0.15) is 0 Å². The Hall–Kier alpha value is -2.96. The van der Waals surface area contributed by atoms with E-state index < -0.39 is 5.91 Å². The second kappa shape index (κ2) is 8.62. The van der Waals surface area contributed by atoms with Crippen molar-refractivity contribution in [3.05, 3.63) is 71.4 Å². The predicted octanol–water partition coefficient (Wildman–Crippen LogP) is 2.49. The highest BCUT2D eigenvalue weighted by Gasteiger charge is 2.26. The molecule has 0 aliphatic carbocycles. The third-order valence-corrected chi connectivity index (χ3v) is 4.40. The van der Waals surface area contributed by atoms with Gasteiger partial charge in [0.2, 0.25) is 0 Å². The number of hydrogen-bond donors (Lipinski definition) is 2. The van der Waals surface area contributed by atoms with Crippen LogP contribution in [0, 0.1) is 0 Å². The molecule has 2 aromatic rings. The van der Waals surface area contributed by atoms with Gasteiger partial charge in [-0.3, -0.25) is 19.8 Å². The molecule has 0 aromatic heterocycles. The molecular weight excluding hydrogens is 342 g/mol. The van der Waals surface area contributed by atoms with Crippen LogP contribution in [0.2, 0.25) is 0 Å². The summed E-state index contributed by atoms with van der Waals surface area (Å²) < 4.78 is 5.09. The quantitative estimate of drug-likeness (QED) is 0.583. The van der Waals surface area contributed by atoms with Gasteiger partial charge in [0.1, 0.15) is 0 Å². The molecule has 0 radical (unpaired) electrons. The highest BCUT2D eigenvalue weighted by molar-refractivity contribution is 6.31. The summed E-state index contributed by atoms with van der Waals surface area (Å²) in [5, 5.41) is 5.51. The van der Waals surface area contributed by atoms with E-state index in [-0.39, 0.29) is 5.91 Å². The summed E-state index contributed by atoms with van der Waals surface area (Å²) in [7, 11) is 3.75. The van der Waals surface area contributed by atoms with E-state index >= 15 is 0 Å². The Balaban J connectivity index is 1.70. The van der Waals surface area contributed by atoms with Gasteiger partial charge < -0.3 is 10.1 Å². The molecule has 0 spiro atoms. The molecule has 0 saturated heterocycles. The van der Waals surface area contributed by atoms with E-state index in [9.17, 15) is 9.59 Å². The lowest BCUT2D eigenvalue weighted by Gasteiger charge is -2.18. The van der Waals surface area contributed by atoms with Crippen molar-refractivity contribution in [2.24, 2.45) is 0 Å². The van der Waals surface area contributed by atoms with Crippen LogP contribution < -0.4 is 10.6 Å². The third-order valence-electron chi connectivity index (χ3n) is 4.40. The topological polar surface area (TPSA) is 70.7 Å². The van der Waals surface area contributed by atoms with Crippen LogP contribution in [0.25, 0.3) is 5.57 Å². The van der Waals surface area contributed by atoms with Gasteiger partial charge in [0.05, 0.1) is 12.2 Å². The van der Waals surface area contributed by atoms with Crippen LogP contribution in [0.3, 0.4) is 0 Å². The standard InChI is InChI=1S/C21H23N3O3/c1-24(11-12-27-2)14-15-7-9-16(10-8-15)22-13-19-17-5-3-4-6-18(17)20(25)23-21(19)26/h3-10,13,22H,11-12,14H2,1-2H3,(H,23,25,26)/b19-13+. The highest BCUT2D eigenvalue weighted by atomic mass is 16.5. The number of anilines is 1. The number of fused-ring (bicyclic) bond motifs is 1. The van der Waals surface area contributed by atoms with E-state index in [2.05, 4.69) is 22.6 Å². The maximum absolute atomic E-state index is 12.2. The van der Waals surface area contributed by atoms with Gasteiger partial charge in [-0.1, -0.05) is 30.3 Å². The number of carbonyl (C=O) groups excluding carboxylic acids is 2. The van der Waals surface area contributed by atoms with Crippen LogP contribution in [0.4, 0.5) is 5.69 Å². The monoisotopic (exact) mass is 365 g/mol. The molecule has 0 unspecified atom stereocenters. The number of benzene rings is 2. The van der Waals surface area contributed by atoms with Gasteiger partial charge >= 0.3 is 0 Å². The summed E-state index contributed by atoms with van der Waals surface area (Å²) in [6.45, 7) is 2.41. The molecule has 0 bridgehead atoms. The first kappa shape index (κ1) is 18.8. The van der Waals surface area contributed by atoms with E-state index in [1.807, 2.05) is 30.3 Å². The molecule has 1 aliphatic rings. The number of amides is 2. The lowest BCUT2D eigenvalue weighted by molar-refractivity contribution is -0.114. The molecule has 2 N–H and O–H groups in total. The third kappa shape index (κ3) is 4.61. The van der Waals surface area contributed by atoms with Gasteiger partial charge in [0, 0.05) is 43.2 Å². The minimum absolute atomic E-state index is 0.366. The first-order valence-electron chi connectivity index (χ1n) is 8.76. The summed E-state index contributed by atoms with van der Waals surface area (Å²) in [5.41, 5.74) is 3.63. The molecule has 2 amide bonds. The maximum atomic E-state index is 12.2. The first-order chi connectivity index (χ1) is 13.1. The average molecular weight is 365 g/mol. The normalized spacial score (nSPS) is 15.0. The van der Waals surface area contributed by atoms with E-state index in [4.69, 9.17) is 4.74 Å². The minimum Gasteiger partial charge on any atom is -0.383 e. The van der Waals surface area contributed by atoms with Crippen LogP contribution in [0.5, 0.6) is 0 Å². The van der Waals surface area contributed by atoms with Crippen LogP contribution in [-0.2, 0) is 16.1 Å². The number of ether oxygens (including phenoxy) is 1. The molecule has 6 nitrogen and oxygen atoms in total. The van der Waals surface area contributed by atoms with E-state index in [0.29, 0.717) is 23.3 Å². The number of nitrogens with zero attached hydrogens (tertiary/aromatic N) is 1. The SMILES string of the molecule is COCCN(C)Cc1ccc(N/C=C2/C(=O)NC(=O)c3ccccc32)cc1.